The van der Waals surface area contributed by atoms with Crippen molar-refractivity contribution >= 4 is 12.0 Å². The zero-order chi connectivity index (χ0) is 15.5. The fourth-order valence-corrected chi connectivity index (χ4v) is 1.86. The SMILES string of the molecule is CCCN(CCN(C)C)C(=O)NCC(CC)CC(=O)O. The molecule has 2 N–H and O–H groups in total. The summed E-state index contributed by atoms with van der Waals surface area (Å²) in [6.45, 7) is 6.62. The molecule has 0 saturated heterocycles. The molecule has 0 saturated carbocycles. The van der Waals surface area contributed by atoms with E-state index < -0.39 is 5.97 Å². The van der Waals surface area contributed by atoms with E-state index in [4.69, 9.17) is 5.11 Å². The Morgan fingerprint density at radius 1 is 1.15 bits per heavy atom. The number of carbonyl (C=O) groups is 2. The minimum Gasteiger partial charge on any atom is -0.481 e. The highest BCUT2D eigenvalue weighted by molar-refractivity contribution is 5.74. The number of hydrogen-bond acceptors (Lipinski definition) is 3. The van der Waals surface area contributed by atoms with Crippen LogP contribution in [0.25, 0.3) is 0 Å². The third kappa shape index (κ3) is 8.74. The normalized spacial score (nSPS) is 12.2. The molecule has 0 aromatic carbocycles. The average Bonchev–Trinajstić information content (AvgIpc) is 2.38. The van der Waals surface area contributed by atoms with Crippen molar-refractivity contribution in [2.24, 2.45) is 5.92 Å². The second-order valence-corrected chi connectivity index (χ2v) is 5.35. The molecule has 20 heavy (non-hydrogen) atoms. The number of carboxylic acids is 1. The summed E-state index contributed by atoms with van der Waals surface area (Å²) in [6.07, 6.45) is 1.76. The predicted octanol–water partition coefficient (Wildman–Crippen LogP) is 1.47. The number of rotatable bonds is 10. The maximum Gasteiger partial charge on any atom is 0.317 e. The van der Waals surface area contributed by atoms with Crippen LogP contribution < -0.4 is 5.32 Å². The minimum absolute atomic E-state index is 0.00576. The Bertz CT molecular complexity index is 295. The lowest BCUT2D eigenvalue weighted by Gasteiger charge is -2.25. The first kappa shape index (κ1) is 18.7. The molecule has 0 heterocycles. The number of nitrogens with one attached hydrogen (secondary N) is 1. The van der Waals surface area contributed by atoms with Crippen molar-refractivity contribution in [3.8, 4) is 0 Å². The van der Waals surface area contributed by atoms with Crippen LogP contribution in [-0.2, 0) is 4.79 Å². The Labute approximate surface area is 122 Å². The number of carbonyl (C=O) groups excluding carboxylic acids is 1. The number of amides is 2. The van der Waals surface area contributed by atoms with Gasteiger partial charge in [-0.15, -0.1) is 0 Å². The summed E-state index contributed by atoms with van der Waals surface area (Å²) in [5.41, 5.74) is 0. The topological polar surface area (TPSA) is 72.9 Å². The molecule has 6 heteroatoms. The van der Waals surface area contributed by atoms with Crippen molar-refractivity contribution in [3.05, 3.63) is 0 Å². The van der Waals surface area contributed by atoms with Gasteiger partial charge in [0.15, 0.2) is 0 Å². The lowest BCUT2D eigenvalue weighted by atomic mass is 10.0. The van der Waals surface area contributed by atoms with Crippen LogP contribution in [0.5, 0.6) is 0 Å². The first-order valence-corrected chi connectivity index (χ1v) is 7.29. The summed E-state index contributed by atoms with van der Waals surface area (Å²) < 4.78 is 0. The molecular weight excluding hydrogens is 258 g/mol. The van der Waals surface area contributed by atoms with Gasteiger partial charge in [-0.2, -0.15) is 0 Å². The fraction of sp³-hybridized carbons (Fsp3) is 0.857. The van der Waals surface area contributed by atoms with Gasteiger partial charge in [-0.3, -0.25) is 4.79 Å². The molecule has 1 atom stereocenters. The summed E-state index contributed by atoms with van der Waals surface area (Å²) in [7, 11) is 3.95. The van der Waals surface area contributed by atoms with Gasteiger partial charge in [0.2, 0.25) is 0 Å². The van der Waals surface area contributed by atoms with Crippen LogP contribution in [-0.4, -0.2) is 67.2 Å². The molecule has 0 radical (unpaired) electrons. The largest absolute Gasteiger partial charge is 0.481 e. The Morgan fingerprint density at radius 2 is 1.80 bits per heavy atom. The van der Waals surface area contributed by atoms with Crippen LogP contribution in [0.3, 0.4) is 0 Å². The maximum atomic E-state index is 12.1. The van der Waals surface area contributed by atoms with Gasteiger partial charge in [0.25, 0.3) is 0 Å². The first-order valence-electron chi connectivity index (χ1n) is 7.29. The van der Waals surface area contributed by atoms with Gasteiger partial charge in [-0.1, -0.05) is 20.3 Å². The molecule has 0 bridgehead atoms. The van der Waals surface area contributed by atoms with E-state index in [0.717, 1.165) is 25.9 Å². The molecule has 6 nitrogen and oxygen atoms in total. The first-order chi connectivity index (χ1) is 9.40. The van der Waals surface area contributed by atoms with Gasteiger partial charge in [0.1, 0.15) is 0 Å². The Hall–Kier alpha value is -1.30. The number of hydrogen-bond donors (Lipinski definition) is 2. The quantitative estimate of drug-likeness (QED) is 0.638. The third-order valence-electron chi connectivity index (χ3n) is 3.18. The number of likely N-dealkylation sites (N-methyl/N-ethyl adjacent to an activating group) is 1. The number of aliphatic carboxylic acids is 1. The molecule has 0 aliphatic rings. The van der Waals surface area contributed by atoms with E-state index in [1.54, 1.807) is 4.90 Å². The van der Waals surface area contributed by atoms with Gasteiger partial charge >= 0.3 is 12.0 Å². The molecule has 1 unspecified atom stereocenters. The van der Waals surface area contributed by atoms with Crippen molar-refractivity contribution in [2.45, 2.75) is 33.1 Å². The molecular formula is C14H29N3O3. The Kier molecular flexibility index (Phi) is 9.80. The fourth-order valence-electron chi connectivity index (χ4n) is 1.86. The van der Waals surface area contributed by atoms with E-state index >= 15 is 0 Å². The van der Waals surface area contributed by atoms with E-state index in [9.17, 15) is 9.59 Å². The summed E-state index contributed by atoms with van der Waals surface area (Å²) in [6, 6.07) is -0.0995. The second kappa shape index (κ2) is 10.5. The number of carboxylic acid groups (broad SMARTS) is 1. The van der Waals surface area contributed by atoms with Gasteiger partial charge in [0.05, 0.1) is 0 Å². The van der Waals surface area contributed by atoms with Crippen molar-refractivity contribution in [2.75, 3.05) is 40.3 Å². The van der Waals surface area contributed by atoms with E-state index in [1.807, 2.05) is 32.8 Å². The zero-order valence-electron chi connectivity index (χ0n) is 13.2. The van der Waals surface area contributed by atoms with Crippen molar-refractivity contribution in [1.82, 2.24) is 15.1 Å². The van der Waals surface area contributed by atoms with Gasteiger partial charge in [0, 0.05) is 32.6 Å². The summed E-state index contributed by atoms with van der Waals surface area (Å²) in [5.74, 6) is -0.821. The molecule has 0 rings (SSSR count). The lowest BCUT2D eigenvalue weighted by molar-refractivity contribution is -0.138. The second-order valence-electron chi connectivity index (χ2n) is 5.35. The van der Waals surface area contributed by atoms with Gasteiger partial charge in [-0.25, -0.2) is 4.79 Å². The summed E-state index contributed by atoms with van der Waals surface area (Å²) in [5, 5.41) is 11.6. The summed E-state index contributed by atoms with van der Waals surface area (Å²) >= 11 is 0. The van der Waals surface area contributed by atoms with Gasteiger partial charge in [-0.05, 0) is 26.4 Å². The minimum atomic E-state index is -0.816. The van der Waals surface area contributed by atoms with Crippen LogP contribution in [0, 0.1) is 5.92 Å². The Balaban J connectivity index is 4.25. The van der Waals surface area contributed by atoms with Crippen LogP contribution in [0.4, 0.5) is 4.79 Å². The molecule has 0 aromatic heterocycles. The van der Waals surface area contributed by atoms with Crippen LogP contribution in [0.2, 0.25) is 0 Å². The highest BCUT2D eigenvalue weighted by atomic mass is 16.4. The van der Waals surface area contributed by atoms with Crippen molar-refractivity contribution in [3.63, 3.8) is 0 Å². The van der Waals surface area contributed by atoms with Gasteiger partial charge < -0.3 is 20.2 Å². The molecule has 0 spiro atoms. The number of nitrogens with zero attached hydrogens (tertiary/aromatic N) is 2. The van der Waals surface area contributed by atoms with Crippen LogP contribution in [0.1, 0.15) is 33.1 Å². The number of urea groups is 1. The van der Waals surface area contributed by atoms with Crippen molar-refractivity contribution in [1.29, 1.82) is 0 Å². The highest BCUT2D eigenvalue weighted by Crippen LogP contribution is 2.07. The van der Waals surface area contributed by atoms with Crippen LogP contribution in [0.15, 0.2) is 0 Å². The summed E-state index contributed by atoms with van der Waals surface area (Å²) in [4.78, 5) is 26.6. The molecule has 0 aliphatic heterocycles. The zero-order valence-corrected chi connectivity index (χ0v) is 13.2. The molecule has 0 aromatic rings. The van der Waals surface area contributed by atoms with Crippen molar-refractivity contribution < 1.29 is 14.7 Å². The standard InChI is InChI=1S/C14H29N3O3/c1-5-7-17(9-8-16(3)4)14(20)15-11-12(6-2)10-13(18)19/h12H,5-11H2,1-4H3,(H,15,20)(H,18,19). The highest BCUT2D eigenvalue weighted by Gasteiger charge is 2.16. The molecule has 0 aliphatic carbocycles. The van der Waals surface area contributed by atoms with E-state index in [-0.39, 0.29) is 18.4 Å². The van der Waals surface area contributed by atoms with Crippen LogP contribution >= 0.6 is 0 Å². The van der Waals surface area contributed by atoms with E-state index in [2.05, 4.69) is 5.32 Å². The monoisotopic (exact) mass is 287 g/mol. The molecule has 2 amide bonds. The average molecular weight is 287 g/mol. The predicted molar refractivity (Wildman–Crippen MR) is 79.9 cm³/mol. The molecule has 0 fully saturated rings. The Morgan fingerprint density at radius 3 is 2.25 bits per heavy atom. The van der Waals surface area contributed by atoms with E-state index in [1.165, 1.54) is 0 Å². The molecule has 118 valence electrons. The van der Waals surface area contributed by atoms with E-state index in [0.29, 0.717) is 13.1 Å². The smallest absolute Gasteiger partial charge is 0.317 e. The maximum absolute atomic E-state index is 12.1. The lowest BCUT2D eigenvalue weighted by Crippen LogP contribution is -2.45. The third-order valence-corrected chi connectivity index (χ3v) is 3.18.